The lowest BCUT2D eigenvalue weighted by Gasteiger charge is -2.47. The minimum Gasteiger partial charge on any atom is -0.346 e. The fourth-order valence-electron chi connectivity index (χ4n) is 4.64. The van der Waals surface area contributed by atoms with Crippen LogP contribution in [-0.4, -0.2) is 41.8 Å². The van der Waals surface area contributed by atoms with E-state index in [9.17, 15) is 9.59 Å². The Morgan fingerprint density at radius 3 is 2.40 bits per heavy atom. The molecule has 6 heteroatoms. The van der Waals surface area contributed by atoms with Crippen LogP contribution in [0.15, 0.2) is 64.8 Å². The van der Waals surface area contributed by atoms with Gasteiger partial charge in [-0.25, -0.2) is 0 Å². The van der Waals surface area contributed by atoms with Crippen LogP contribution < -0.4 is 5.32 Å². The van der Waals surface area contributed by atoms with Crippen LogP contribution in [0.5, 0.6) is 0 Å². The van der Waals surface area contributed by atoms with Crippen molar-refractivity contribution in [3.05, 3.63) is 65.7 Å². The van der Waals surface area contributed by atoms with E-state index in [0.717, 1.165) is 31.2 Å². The number of Topliss-reactive ketones (excluding diaryl/α,β-unsaturated/α-hetero) is 1. The summed E-state index contributed by atoms with van der Waals surface area (Å²) in [7, 11) is 2.17. The molecule has 30 heavy (non-hydrogen) atoms. The molecule has 2 bridgehead atoms. The molecule has 0 spiro atoms. The predicted molar refractivity (Wildman–Crippen MR) is 116 cm³/mol. The van der Waals surface area contributed by atoms with Crippen LogP contribution in [0.2, 0.25) is 0 Å². The lowest BCUT2D eigenvalue weighted by Crippen LogP contribution is -2.55. The number of azo groups is 1. The van der Waals surface area contributed by atoms with Crippen molar-refractivity contribution in [2.75, 3.05) is 7.05 Å². The molecular formula is C24H28N4O2. The third-order valence-corrected chi connectivity index (χ3v) is 6.30. The maximum Gasteiger partial charge on any atom is 0.292 e. The second-order valence-electron chi connectivity index (χ2n) is 8.28. The molecule has 0 saturated carbocycles. The highest BCUT2D eigenvalue weighted by atomic mass is 16.2. The molecule has 156 valence electrons. The molecule has 2 unspecified atom stereocenters. The smallest absolute Gasteiger partial charge is 0.292 e. The van der Waals surface area contributed by atoms with E-state index in [-0.39, 0.29) is 6.04 Å². The third-order valence-electron chi connectivity index (χ3n) is 6.30. The molecule has 2 aliphatic rings. The number of ketones is 1. The standard InChI is InChI=1S/C24H28N4O2/c1-28-19-10-7-11-20(28)15-18(14-19)26-24(30)23(29)21-12-5-6-13-22(21)27-25-16-17-8-3-2-4-9-17/h2-6,8-9,12-13,18-20H,7,10-11,14-16H2,1H3,(H,26,30). The second kappa shape index (κ2) is 9.30. The van der Waals surface area contributed by atoms with Crippen molar-refractivity contribution in [2.24, 2.45) is 10.2 Å². The Balaban J connectivity index is 1.41. The molecule has 2 aromatic carbocycles. The number of amides is 1. The van der Waals surface area contributed by atoms with E-state index >= 15 is 0 Å². The summed E-state index contributed by atoms with van der Waals surface area (Å²) < 4.78 is 0. The van der Waals surface area contributed by atoms with Gasteiger partial charge >= 0.3 is 0 Å². The molecule has 0 radical (unpaired) electrons. The summed E-state index contributed by atoms with van der Waals surface area (Å²) in [6.07, 6.45) is 5.39. The summed E-state index contributed by atoms with van der Waals surface area (Å²) in [5.41, 5.74) is 1.75. The molecule has 2 aliphatic heterocycles. The van der Waals surface area contributed by atoms with Crippen molar-refractivity contribution in [2.45, 2.75) is 56.8 Å². The first-order valence-electron chi connectivity index (χ1n) is 10.7. The zero-order chi connectivity index (χ0) is 20.9. The van der Waals surface area contributed by atoms with E-state index in [1.165, 1.54) is 6.42 Å². The van der Waals surface area contributed by atoms with Gasteiger partial charge in [0.25, 0.3) is 11.7 Å². The monoisotopic (exact) mass is 404 g/mol. The molecule has 4 rings (SSSR count). The van der Waals surface area contributed by atoms with Crippen LogP contribution in [0.3, 0.4) is 0 Å². The predicted octanol–water partition coefficient (Wildman–Crippen LogP) is 4.28. The minimum absolute atomic E-state index is 0.0554. The number of hydrogen-bond acceptors (Lipinski definition) is 5. The minimum atomic E-state index is -0.548. The molecule has 2 heterocycles. The van der Waals surface area contributed by atoms with Gasteiger partial charge in [0.05, 0.1) is 17.8 Å². The molecule has 0 aliphatic carbocycles. The van der Waals surface area contributed by atoms with Gasteiger partial charge in [-0.2, -0.15) is 10.2 Å². The number of carbonyl (C=O) groups excluding carboxylic acids is 2. The average molecular weight is 405 g/mol. The number of nitrogens with zero attached hydrogens (tertiary/aromatic N) is 3. The molecule has 1 amide bonds. The summed E-state index contributed by atoms with van der Waals surface area (Å²) in [6.45, 7) is 0.425. The van der Waals surface area contributed by atoms with Gasteiger partial charge in [0.1, 0.15) is 0 Å². The first kappa shape index (κ1) is 20.4. The first-order valence-corrected chi connectivity index (χ1v) is 10.7. The molecule has 0 aromatic heterocycles. The van der Waals surface area contributed by atoms with E-state index < -0.39 is 11.7 Å². The highest BCUT2D eigenvalue weighted by Gasteiger charge is 2.37. The molecule has 2 atom stereocenters. The van der Waals surface area contributed by atoms with Gasteiger partial charge in [-0.3, -0.25) is 9.59 Å². The average Bonchev–Trinajstić information content (AvgIpc) is 2.75. The Morgan fingerprint density at radius 1 is 1.00 bits per heavy atom. The number of benzene rings is 2. The molecule has 2 fully saturated rings. The van der Waals surface area contributed by atoms with E-state index in [2.05, 4.69) is 27.5 Å². The zero-order valence-corrected chi connectivity index (χ0v) is 17.3. The summed E-state index contributed by atoms with van der Waals surface area (Å²) in [5.74, 6) is -1.10. The van der Waals surface area contributed by atoms with Gasteiger partial charge in [-0.15, -0.1) is 0 Å². The van der Waals surface area contributed by atoms with Crippen LogP contribution in [0.25, 0.3) is 0 Å². The largest absolute Gasteiger partial charge is 0.346 e. The number of nitrogens with one attached hydrogen (secondary N) is 1. The molecule has 1 N–H and O–H groups in total. The highest BCUT2D eigenvalue weighted by Crippen LogP contribution is 2.32. The van der Waals surface area contributed by atoms with Gasteiger partial charge in [0, 0.05) is 18.1 Å². The van der Waals surface area contributed by atoms with Crippen LogP contribution in [-0.2, 0) is 11.3 Å². The first-order chi connectivity index (χ1) is 14.6. The summed E-state index contributed by atoms with van der Waals surface area (Å²) in [4.78, 5) is 28.0. The topological polar surface area (TPSA) is 74.1 Å². The highest BCUT2D eigenvalue weighted by molar-refractivity contribution is 6.43. The fourth-order valence-corrected chi connectivity index (χ4v) is 4.64. The number of fused-ring (bicyclic) bond motifs is 2. The summed E-state index contributed by atoms with van der Waals surface area (Å²) in [6, 6.07) is 17.7. The normalized spacial score (nSPS) is 24.0. The SMILES string of the molecule is CN1C2CCCC1CC(NC(=O)C(=O)c1ccccc1N=NCc1ccccc1)C2. The van der Waals surface area contributed by atoms with Gasteiger partial charge in [-0.1, -0.05) is 48.9 Å². The second-order valence-corrected chi connectivity index (χ2v) is 8.28. The third kappa shape index (κ3) is 4.65. The van der Waals surface area contributed by atoms with Crippen LogP contribution in [0, 0.1) is 0 Å². The lowest BCUT2D eigenvalue weighted by molar-refractivity contribution is -0.118. The van der Waals surface area contributed by atoms with Crippen molar-refractivity contribution in [1.29, 1.82) is 0 Å². The Kier molecular flexibility index (Phi) is 6.33. The maximum atomic E-state index is 12.9. The van der Waals surface area contributed by atoms with Crippen molar-refractivity contribution < 1.29 is 9.59 Å². The fraction of sp³-hybridized carbons (Fsp3) is 0.417. The quantitative estimate of drug-likeness (QED) is 0.443. The molecule has 6 nitrogen and oxygen atoms in total. The zero-order valence-electron chi connectivity index (χ0n) is 17.3. The van der Waals surface area contributed by atoms with Crippen molar-refractivity contribution >= 4 is 17.4 Å². The van der Waals surface area contributed by atoms with Gasteiger partial charge in [0.15, 0.2) is 0 Å². The number of rotatable bonds is 6. The van der Waals surface area contributed by atoms with E-state index in [0.29, 0.717) is 29.9 Å². The van der Waals surface area contributed by atoms with E-state index in [1.807, 2.05) is 30.3 Å². The lowest BCUT2D eigenvalue weighted by atomic mass is 9.82. The van der Waals surface area contributed by atoms with Crippen LogP contribution >= 0.6 is 0 Å². The van der Waals surface area contributed by atoms with Gasteiger partial charge < -0.3 is 10.2 Å². The summed E-state index contributed by atoms with van der Waals surface area (Å²) >= 11 is 0. The Bertz CT molecular complexity index is 914. The molecule has 2 aromatic rings. The van der Waals surface area contributed by atoms with Crippen molar-refractivity contribution in [1.82, 2.24) is 10.2 Å². The van der Waals surface area contributed by atoms with E-state index in [1.54, 1.807) is 24.3 Å². The van der Waals surface area contributed by atoms with Crippen molar-refractivity contribution in [3.63, 3.8) is 0 Å². The number of piperidine rings is 2. The number of hydrogen-bond donors (Lipinski definition) is 1. The Morgan fingerprint density at radius 2 is 1.67 bits per heavy atom. The van der Waals surface area contributed by atoms with Crippen LogP contribution in [0.1, 0.15) is 48.0 Å². The van der Waals surface area contributed by atoms with Crippen LogP contribution in [0.4, 0.5) is 5.69 Å². The Labute approximate surface area is 177 Å². The summed E-state index contributed by atoms with van der Waals surface area (Å²) in [5, 5.41) is 11.4. The maximum absolute atomic E-state index is 12.9. The van der Waals surface area contributed by atoms with Gasteiger partial charge in [0.2, 0.25) is 0 Å². The molecular weight excluding hydrogens is 376 g/mol. The molecule has 2 saturated heterocycles. The van der Waals surface area contributed by atoms with Gasteiger partial charge in [-0.05, 0) is 50.4 Å². The Hall–Kier alpha value is -2.86. The van der Waals surface area contributed by atoms with E-state index in [4.69, 9.17) is 0 Å². The van der Waals surface area contributed by atoms with Crippen molar-refractivity contribution in [3.8, 4) is 0 Å². The number of carbonyl (C=O) groups is 2.